The van der Waals surface area contributed by atoms with Gasteiger partial charge >= 0.3 is 12.2 Å². The minimum absolute atomic E-state index is 0.136. The number of fused-ring (bicyclic) bond motifs is 4. The summed E-state index contributed by atoms with van der Waals surface area (Å²) in [6, 6.07) is 10.3. The van der Waals surface area contributed by atoms with E-state index in [-0.39, 0.29) is 40.6 Å². The number of aromatic nitrogens is 2. The molecule has 3 N–H and O–H groups in total. The van der Waals surface area contributed by atoms with Gasteiger partial charge in [-0.3, -0.25) is 10.2 Å². The molecule has 2 atom stereocenters. The summed E-state index contributed by atoms with van der Waals surface area (Å²) >= 11 is 6.53. The van der Waals surface area contributed by atoms with Crippen LogP contribution in [-0.4, -0.2) is 64.7 Å². The molecule has 206 valence electrons. The number of benzene rings is 1. The lowest BCUT2D eigenvalue weighted by atomic mass is 9.99. The van der Waals surface area contributed by atoms with Crippen LogP contribution in [0.1, 0.15) is 18.4 Å². The van der Waals surface area contributed by atoms with Crippen LogP contribution in [0.2, 0.25) is 5.02 Å². The number of pyridine rings is 2. The highest BCUT2D eigenvalue weighted by molar-refractivity contribution is 6.33. The highest BCUT2D eigenvalue weighted by Gasteiger charge is 2.39. The maximum Gasteiger partial charge on any atom is 0.416 e. The Morgan fingerprint density at radius 3 is 2.77 bits per heavy atom. The van der Waals surface area contributed by atoms with Gasteiger partial charge in [-0.05, 0) is 37.1 Å². The molecule has 1 aromatic carbocycles. The molecule has 3 aromatic rings. The molecule has 4 heterocycles. The second-order valence-electron chi connectivity index (χ2n) is 9.29. The lowest BCUT2D eigenvalue weighted by Gasteiger charge is -2.46. The molecule has 1 fully saturated rings. The molecule has 5 rings (SSSR count). The van der Waals surface area contributed by atoms with E-state index in [1.165, 1.54) is 17.0 Å². The Balaban J connectivity index is 1.48. The highest BCUT2D eigenvalue weighted by Crippen LogP contribution is 2.43. The monoisotopic (exact) mass is 563 g/mol. The van der Waals surface area contributed by atoms with Crippen LogP contribution in [-0.2, 0) is 6.18 Å². The maximum atomic E-state index is 13.6. The van der Waals surface area contributed by atoms with Crippen molar-refractivity contribution in [3.63, 3.8) is 0 Å². The Bertz CT molecular complexity index is 1380. The fourth-order valence-corrected chi connectivity index (χ4v) is 4.97. The van der Waals surface area contributed by atoms with Crippen LogP contribution in [0, 0.1) is 0 Å². The fraction of sp³-hybridized carbons (Fsp3) is 0.346. The van der Waals surface area contributed by atoms with E-state index in [1.54, 1.807) is 24.3 Å². The summed E-state index contributed by atoms with van der Waals surface area (Å²) in [4.78, 5) is 26.0. The van der Waals surface area contributed by atoms with Crippen molar-refractivity contribution in [1.82, 2.24) is 9.97 Å². The molecule has 2 amide bonds. The van der Waals surface area contributed by atoms with Gasteiger partial charge in [0.15, 0.2) is 5.82 Å². The number of ether oxygens (including phenoxy) is 1. The van der Waals surface area contributed by atoms with Crippen LogP contribution in [0.3, 0.4) is 0 Å². The van der Waals surface area contributed by atoms with Gasteiger partial charge in [0, 0.05) is 24.7 Å². The molecule has 9 nitrogen and oxygen atoms in total. The number of urea groups is 1. The number of aliphatic hydroxyl groups excluding tert-OH is 2. The molecule has 13 heteroatoms. The molecule has 39 heavy (non-hydrogen) atoms. The first-order valence-electron chi connectivity index (χ1n) is 12.3. The summed E-state index contributed by atoms with van der Waals surface area (Å²) in [6.07, 6.45) is -4.07. The first-order valence-corrected chi connectivity index (χ1v) is 12.6. The van der Waals surface area contributed by atoms with Gasteiger partial charge in [-0.25, -0.2) is 9.78 Å². The number of halogens is 4. The number of alkyl halides is 3. The van der Waals surface area contributed by atoms with Crippen molar-refractivity contribution in [2.24, 2.45) is 0 Å². The van der Waals surface area contributed by atoms with Crippen LogP contribution in [0.15, 0.2) is 48.5 Å². The Morgan fingerprint density at radius 2 is 2.00 bits per heavy atom. The maximum absolute atomic E-state index is 13.6. The van der Waals surface area contributed by atoms with Crippen molar-refractivity contribution in [2.45, 2.75) is 31.2 Å². The van der Waals surface area contributed by atoms with Crippen LogP contribution in [0.4, 0.5) is 35.3 Å². The predicted octanol–water partition coefficient (Wildman–Crippen LogP) is 4.57. The van der Waals surface area contributed by atoms with Gasteiger partial charge < -0.3 is 19.8 Å². The number of anilines is 3. The van der Waals surface area contributed by atoms with Crippen molar-refractivity contribution >= 4 is 35.0 Å². The topological polar surface area (TPSA) is 111 Å². The van der Waals surface area contributed by atoms with E-state index in [1.807, 2.05) is 0 Å². The van der Waals surface area contributed by atoms with Crippen LogP contribution < -0.4 is 19.9 Å². The van der Waals surface area contributed by atoms with Crippen LogP contribution in [0.25, 0.3) is 11.3 Å². The van der Waals surface area contributed by atoms with E-state index in [2.05, 4.69) is 20.2 Å². The standard InChI is InChI=1S/C26H25ClF3N5O4/c27-19-11-20-24(33-23(19)15-4-1-5-16(10-15)26(28,29)30)35(17-6-3-9-34(20)12-17)25(38)32-21-7-2-8-22(31-21)39-14-18(37)13-36/h1-2,4-5,7-8,10-11,17-18,36-37H,3,6,9,12-14H2,(H,31,32,38)/t17-,18+/m0/s1. The third-order valence-corrected chi connectivity index (χ3v) is 6.83. The molecule has 0 saturated carbocycles. The zero-order chi connectivity index (χ0) is 27.7. The van der Waals surface area contributed by atoms with E-state index in [0.29, 0.717) is 24.5 Å². The van der Waals surface area contributed by atoms with Crippen LogP contribution >= 0.6 is 11.6 Å². The molecular formula is C26H25ClF3N5O4. The third-order valence-electron chi connectivity index (χ3n) is 6.54. The predicted molar refractivity (Wildman–Crippen MR) is 139 cm³/mol. The number of aliphatic hydroxyl groups is 2. The van der Waals surface area contributed by atoms with Crippen molar-refractivity contribution in [1.29, 1.82) is 0 Å². The Morgan fingerprint density at radius 1 is 1.21 bits per heavy atom. The number of carbonyl (C=O) groups is 1. The number of piperidine rings is 1. The summed E-state index contributed by atoms with van der Waals surface area (Å²) < 4.78 is 45.4. The third kappa shape index (κ3) is 5.72. The zero-order valence-electron chi connectivity index (χ0n) is 20.5. The Labute approximate surface area is 226 Å². The van der Waals surface area contributed by atoms with E-state index in [0.717, 1.165) is 25.1 Å². The number of amides is 2. The summed E-state index contributed by atoms with van der Waals surface area (Å²) in [7, 11) is 0. The first kappa shape index (κ1) is 27.0. The lowest BCUT2D eigenvalue weighted by Crippen LogP contribution is -2.56. The average Bonchev–Trinajstić information content (AvgIpc) is 2.92. The summed E-state index contributed by atoms with van der Waals surface area (Å²) in [6.45, 7) is 0.640. The van der Waals surface area contributed by atoms with E-state index in [4.69, 9.17) is 21.4 Å². The van der Waals surface area contributed by atoms with Gasteiger partial charge in [0.1, 0.15) is 18.5 Å². The molecule has 2 aromatic heterocycles. The molecule has 2 bridgehead atoms. The van der Waals surface area contributed by atoms with Crippen LogP contribution in [0.5, 0.6) is 5.88 Å². The highest BCUT2D eigenvalue weighted by atomic mass is 35.5. The van der Waals surface area contributed by atoms with Gasteiger partial charge in [-0.2, -0.15) is 18.2 Å². The van der Waals surface area contributed by atoms with Crippen molar-refractivity contribution in [2.75, 3.05) is 41.4 Å². The molecule has 0 spiro atoms. The SMILES string of the molecule is O=C(Nc1cccc(OC[C@H](O)CO)n1)N1c2nc(-c3cccc(C(F)(F)F)c3)c(Cl)cc2N2CCC[C@H]1C2. The van der Waals surface area contributed by atoms with Gasteiger partial charge in [0.05, 0.1) is 34.6 Å². The zero-order valence-corrected chi connectivity index (χ0v) is 21.3. The van der Waals surface area contributed by atoms with Gasteiger partial charge in [0.25, 0.3) is 0 Å². The van der Waals surface area contributed by atoms with Crippen molar-refractivity contribution in [3.8, 4) is 17.1 Å². The molecule has 1 saturated heterocycles. The van der Waals surface area contributed by atoms with E-state index >= 15 is 0 Å². The minimum Gasteiger partial charge on any atom is -0.475 e. The van der Waals surface area contributed by atoms with Crippen molar-refractivity contribution < 1.29 is 32.9 Å². The first-order chi connectivity index (χ1) is 18.6. The molecule has 2 aliphatic heterocycles. The number of hydrogen-bond acceptors (Lipinski definition) is 7. The molecule has 0 aliphatic carbocycles. The van der Waals surface area contributed by atoms with Gasteiger partial charge in [-0.1, -0.05) is 29.8 Å². The second kappa shape index (κ2) is 10.9. The molecule has 0 radical (unpaired) electrons. The Kier molecular flexibility index (Phi) is 7.52. The van der Waals surface area contributed by atoms with Gasteiger partial charge in [0.2, 0.25) is 5.88 Å². The van der Waals surface area contributed by atoms with E-state index in [9.17, 15) is 23.1 Å². The summed E-state index contributed by atoms with van der Waals surface area (Å²) in [5, 5.41) is 21.4. The quantitative estimate of drug-likeness (QED) is 0.403. The molecule has 2 aliphatic rings. The number of rotatable bonds is 6. The molecular weight excluding hydrogens is 539 g/mol. The lowest BCUT2D eigenvalue weighted by molar-refractivity contribution is -0.137. The normalized spacial score (nSPS) is 17.4. The smallest absolute Gasteiger partial charge is 0.416 e. The number of hydrogen-bond donors (Lipinski definition) is 3. The largest absolute Gasteiger partial charge is 0.475 e. The number of carbonyl (C=O) groups excluding carboxylic acids is 1. The number of nitrogens with one attached hydrogen (secondary N) is 1. The van der Waals surface area contributed by atoms with E-state index < -0.39 is 30.5 Å². The average molecular weight is 564 g/mol. The van der Waals surface area contributed by atoms with Gasteiger partial charge in [-0.15, -0.1) is 0 Å². The minimum atomic E-state index is -4.53. The molecule has 0 unspecified atom stereocenters. The summed E-state index contributed by atoms with van der Waals surface area (Å²) in [5.74, 6) is 0.613. The van der Waals surface area contributed by atoms with Crippen molar-refractivity contribution in [3.05, 3.63) is 59.1 Å². The number of nitrogens with zero attached hydrogens (tertiary/aromatic N) is 4. The fourth-order valence-electron chi connectivity index (χ4n) is 4.71. The summed E-state index contributed by atoms with van der Waals surface area (Å²) in [5.41, 5.74) is 0.104. The second-order valence-corrected chi connectivity index (χ2v) is 9.70. The Hall–Kier alpha value is -3.61.